The van der Waals surface area contributed by atoms with Crippen molar-refractivity contribution in [1.82, 2.24) is 10.2 Å². The molecule has 0 aromatic carbocycles. The topological polar surface area (TPSA) is 104 Å². The van der Waals surface area contributed by atoms with Crippen molar-refractivity contribution in [3.63, 3.8) is 0 Å². The van der Waals surface area contributed by atoms with Crippen molar-refractivity contribution in [1.29, 1.82) is 0 Å². The largest absolute Gasteiger partial charge is 0.480 e. The molecule has 0 radical (unpaired) electrons. The van der Waals surface area contributed by atoms with Crippen molar-refractivity contribution in [3.8, 4) is 0 Å². The standard InChI is InChI=1S/C13H22N2O5S/c16-12(17)8-15(10-5-7-21(19,20)9-10)13(18)11-4-2-1-3-6-14-11/h10-11,14H,1-9H2,(H,16,17). The van der Waals surface area contributed by atoms with Crippen LogP contribution in [-0.2, 0) is 19.4 Å². The Hall–Kier alpha value is -1.15. The lowest BCUT2D eigenvalue weighted by Gasteiger charge is -2.30. The molecule has 0 aromatic heterocycles. The number of rotatable bonds is 4. The summed E-state index contributed by atoms with van der Waals surface area (Å²) in [4.78, 5) is 24.9. The number of carboxylic acids is 1. The molecule has 0 bridgehead atoms. The highest BCUT2D eigenvalue weighted by Crippen LogP contribution is 2.20. The summed E-state index contributed by atoms with van der Waals surface area (Å²) < 4.78 is 23.2. The van der Waals surface area contributed by atoms with Crippen LogP contribution in [0.1, 0.15) is 32.1 Å². The van der Waals surface area contributed by atoms with Crippen LogP contribution in [0.25, 0.3) is 0 Å². The first-order chi connectivity index (χ1) is 9.89. The van der Waals surface area contributed by atoms with Gasteiger partial charge in [0.05, 0.1) is 17.5 Å². The van der Waals surface area contributed by atoms with Gasteiger partial charge in [-0.25, -0.2) is 8.42 Å². The van der Waals surface area contributed by atoms with Gasteiger partial charge >= 0.3 is 5.97 Å². The summed E-state index contributed by atoms with van der Waals surface area (Å²) in [7, 11) is -3.15. The highest BCUT2D eigenvalue weighted by Gasteiger charge is 2.37. The molecule has 2 aliphatic rings. The second-order valence-electron chi connectivity index (χ2n) is 5.77. The average Bonchev–Trinajstić information content (AvgIpc) is 2.64. The van der Waals surface area contributed by atoms with Crippen LogP contribution >= 0.6 is 0 Å². The minimum absolute atomic E-state index is 0.0269. The smallest absolute Gasteiger partial charge is 0.323 e. The second kappa shape index (κ2) is 6.74. The molecule has 2 aliphatic heterocycles. The predicted molar refractivity (Wildman–Crippen MR) is 76.7 cm³/mol. The average molecular weight is 318 g/mol. The summed E-state index contributed by atoms with van der Waals surface area (Å²) in [5.41, 5.74) is 0. The molecule has 120 valence electrons. The quantitative estimate of drug-likeness (QED) is 0.732. The minimum atomic E-state index is -3.15. The van der Waals surface area contributed by atoms with Crippen LogP contribution in [0, 0.1) is 0 Å². The highest BCUT2D eigenvalue weighted by atomic mass is 32.2. The van der Waals surface area contributed by atoms with E-state index in [1.165, 1.54) is 4.90 Å². The van der Waals surface area contributed by atoms with Crippen molar-refractivity contribution < 1.29 is 23.1 Å². The molecule has 0 aliphatic carbocycles. The summed E-state index contributed by atoms with van der Waals surface area (Å²) in [6.45, 7) is 0.303. The summed E-state index contributed by atoms with van der Waals surface area (Å²) >= 11 is 0. The lowest BCUT2D eigenvalue weighted by molar-refractivity contribution is -0.147. The van der Waals surface area contributed by atoms with Gasteiger partial charge in [0.1, 0.15) is 6.54 Å². The summed E-state index contributed by atoms with van der Waals surface area (Å²) in [6.07, 6.45) is 3.98. The number of hydrogen-bond acceptors (Lipinski definition) is 5. The van der Waals surface area contributed by atoms with E-state index < -0.39 is 34.4 Å². The minimum Gasteiger partial charge on any atom is -0.480 e. The first kappa shape index (κ1) is 16.2. The third-order valence-electron chi connectivity index (χ3n) is 4.10. The van der Waals surface area contributed by atoms with Crippen molar-refractivity contribution in [2.75, 3.05) is 24.6 Å². The third-order valence-corrected chi connectivity index (χ3v) is 5.85. The van der Waals surface area contributed by atoms with Crippen LogP contribution in [-0.4, -0.2) is 67.0 Å². The maximum Gasteiger partial charge on any atom is 0.323 e. The SMILES string of the molecule is O=C(O)CN(C(=O)C1CCCCCN1)C1CCS(=O)(=O)C1. The molecular formula is C13H22N2O5S. The Labute approximate surface area is 124 Å². The molecule has 2 atom stereocenters. The van der Waals surface area contributed by atoms with Gasteiger partial charge < -0.3 is 15.3 Å². The van der Waals surface area contributed by atoms with Crippen LogP contribution in [0.15, 0.2) is 0 Å². The molecule has 2 unspecified atom stereocenters. The van der Waals surface area contributed by atoms with Crippen LogP contribution in [0.5, 0.6) is 0 Å². The number of nitrogens with one attached hydrogen (secondary N) is 1. The maximum absolute atomic E-state index is 12.6. The van der Waals surface area contributed by atoms with Crippen molar-refractivity contribution in [2.45, 2.75) is 44.2 Å². The molecular weight excluding hydrogens is 296 g/mol. The highest BCUT2D eigenvalue weighted by molar-refractivity contribution is 7.91. The van der Waals surface area contributed by atoms with Gasteiger partial charge in [-0.05, 0) is 25.8 Å². The van der Waals surface area contributed by atoms with E-state index in [-0.39, 0.29) is 17.4 Å². The molecule has 0 aromatic rings. The van der Waals surface area contributed by atoms with Crippen LogP contribution in [0.2, 0.25) is 0 Å². The second-order valence-corrected chi connectivity index (χ2v) is 8.00. The van der Waals surface area contributed by atoms with Crippen molar-refractivity contribution in [3.05, 3.63) is 0 Å². The van der Waals surface area contributed by atoms with Gasteiger partial charge in [0.25, 0.3) is 0 Å². The van der Waals surface area contributed by atoms with Crippen LogP contribution in [0.3, 0.4) is 0 Å². The molecule has 7 nitrogen and oxygen atoms in total. The van der Waals surface area contributed by atoms with Crippen molar-refractivity contribution in [2.24, 2.45) is 0 Å². The Morgan fingerprint density at radius 3 is 2.57 bits per heavy atom. The van der Waals surface area contributed by atoms with E-state index in [2.05, 4.69) is 5.32 Å². The molecule has 2 heterocycles. The van der Waals surface area contributed by atoms with Gasteiger partial charge in [-0.2, -0.15) is 0 Å². The number of carbonyl (C=O) groups is 2. The molecule has 21 heavy (non-hydrogen) atoms. The summed E-state index contributed by atoms with van der Waals surface area (Å²) in [5.74, 6) is -1.49. The van der Waals surface area contributed by atoms with Crippen LogP contribution < -0.4 is 5.32 Å². The van der Waals surface area contributed by atoms with Gasteiger partial charge in [-0.1, -0.05) is 12.8 Å². The number of nitrogens with zero attached hydrogens (tertiary/aromatic N) is 1. The number of carbonyl (C=O) groups excluding carboxylic acids is 1. The predicted octanol–water partition coefficient (Wildman–Crippen LogP) is -0.381. The van der Waals surface area contributed by atoms with Crippen molar-refractivity contribution >= 4 is 21.7 Å². The lowest BCUT2D eigenvalue weighted by Crippen LogP contribution is -2.52. The number of aliphatic carboxylic acids is 1. The Morgan fingerprint density at radius 2 is 1.95 bits per heavy atom. The number of carboxylic acid groups (broad SMARTS) is 1. The van der Waals surface area contributed by atoms with E-state index in [4.69, 9.17) is 5.11 Å². The number of sulfone groups is 1. The number of hydrogen-bond donors (Lipinski definition) is 2. The van der Waals surface area contributed by atoms with E-state index >= 15 is 0 Å². The number of amides is 1. The van der Waals surface area contributed by atoms with E-state index in [1.54, 1.807) is 0 Å². The van der Waals surface area contributed by atoms with E-state index in [9.17, 15) is 18.0 Å². The molecule has 1 amide bonds. The third kappa shape index (κ3) is 4.41. The molecule has 0 saturated carbocycles. The fourth-order valence-corrected chi connectivity index (χ4v) is 4.72. The Kier molecular flexibility index (Phi) is 5.21. The lowest BCUT2D eigenvalue weighted by atomic mass is 10.1. The maximum atomic E-state index is 12.6. The molecule has 2 saturated heterocycles. The molecule has 8 heteroatoms. The molecule has 2 fully saturated rings. The van der Waals surface area contributed by atoms with E-state index in [1.807, 2.05) is 0 Å². The van der Waals surface area contributed by atoms with Gasteiger partial charge in [0.2, 0.25) is 5.91 Å². The summed E-state index contributed by atoms with van der Waals surface area (Å²) in [6, 6.07) is -0.904. The van der Waals surface area contributed by atoms with E-state index in [0.717, 1.165) is 25.8 Å². The van der Waals surface area contributed by atoms with Gasteiger partial charge in [0.15, 0.2) is 9.84 Å². The molecule has 0 spiro atoms. The Bertz CT molecular complexity index is 497. The monoisotopic (exact) mass is 318 g/mol. The fraction of sp³-hybridized carbons (Fsp3) is 0.846. The Morgan fingerprint density at radius 1 is 1.19 bits per heavy atom. The van der Waals surface area contributed by atoms with Gasteiger partial charge in [-0.3, -0.25) is 9.59 Å². The first-order valence-corrected chi connectivity index (χ1v) is 9.17. The molecule has 2 rings (SSSR count). The van der Waals surface area contributed by atoms with Crippen LogP contribution in [0.4, 0.5) is 0 Å². The first-order valence-electron chi connectivity index (χ1n) is 7.35. The fourth-order valence-electron chi connectivity index (χ4n) is 2.99. The zero-order chi connectivity index (χ0) is 15.5. The van der Waals surface area contributed by atoms with E-state index in [0.29, 0.717) is 12.8 Å². The zero-order valence-electron chi connectivity index (χ0n) is 12.0. The van der Waals surface area contributed by atoms with Gasteiger partial charge in [0, 0.05) is 6.04 Å². The Balaban J connectivity index is 2.11. The normalized spacial score (nSPS) is 28.8. The zero-order valence-corrected chi connectivity index (χ0v) is 12.8. The molecule has 2 N–H and O–H groups in total. The van der Waals surface area contributed by atoms with Gasteiger partial charge in [-0.15, -0.1) is 0 Å². The summed E-state index contributed by atoms with van der Waals surface area (Å²) in [5, 5.41) is 12.2.